The molecular formula is C21H24ClN5O2. The Labute approximate surface area is 175 Å². The van der Waals surface area contributed by atoms with Gasteiger partial charge in [0.15, 0.2) is 0 Å². The maximum Gasteiger partial charge on any atom is 0.259 e. The molecule has 3 aromatic rings. The molecular weight excluding hydrogens is 390 g/mol. The molecule has 3 heterocycles. The van der Waals surface area contributed by atoms with E-state index in [1.54, 1.807) is 25.7 Å². The summed E-state index contributed by atoms with van der Waals surface area (Å²) in [5.41, 5.74) is 1.28. The Balaban J connectivity index is 1.50. The van der Waals surface area contributed by atoms with E-state index in [9.17, 15) is 0 Å². The molecule has 0 spiro atoms. The van der Waals surface area contributed by atoms with Crippen molar-refractivity contribution in [1.29, 1.82) is 0 Å². The van der Waals surface area contributed by atoms with E-state index in [0.717, 1.165) is 37.4 Å². The third-order valence-electron chi connectivity index (χ3n) is 5.69. The summed E-state index contributed by atoms with van der Waals surface area (Å²) < 4.78 is 11.5. The Morgan fingerprint density at radius 2 is 1.97 bits per heavy atom. The van der Waals surface area contributed by atoms with Crippen molar-refractivity contribution in [2.75, 3.05) is 20.2 Å². The van der Waals surface area contributed by atoms with Crippen molar-refractivity contribution in [2.24, 2.45) is 0 Å². The van der Waals surface area contributed by atoms with Crippen LogP contribution in [0.15, 0.2) is 47.4 Å². The molecule has 0 N–H and O–H groups in total. The Morgan fingerprint density at radius 3 is 2.59 bits per heavy atom. The van der Waals surface area contributed by atoms with Gasteiger partial charge in [-0.05, 0) is 37.0 Å². The first-order valence-electron chi connectivity index (χ1n) is 9.80. The van der Waals surface area contributed by atoms with Gasteiger partial charge in [-0.15, -0.1) is 0 Å². The molecule has 8 heteroatoms. The number of aromatic nitrogens is 4. The topological polar surface area (TPSA) is 77.2 Å². The number of benzene rings is 1. The normalized spacial score (nSPS) is 17.9. The van der Waals surface area contributed by atoms with Crippen molar-refractivity contribution in [3.8, 4) is 11.5 Å². The minimum absolute atomic E-state index is 0.347. The van der Waals surface area contributed by atoms with Gasteiger partial charge in [-0.25, -0.2) is 4.98 Å². The number of rotatable bonds is 6. The summed E-state index contributed by atoms with van der Waals surface area (Å²) in [5, 5.41) is 4.85. The molecule has 1 aliphatic heterocycles. The number of methoxy groups -OCH3 is 1. The Kier molecular flexibility index (Phi) is 5.89. The van der Waals surface area contributed by atoms with Crippen molar-refractivity contribution in [1.82, 2.24) is 25.0 Å². The molecule has 1 aromatic carbocycles. The summed E-state index contributed by atoms with van der Waals surface area (Å²) in [6, 6.07) is 8.48. The highest BCUT2D eigenvalue weighted by molar-refractivity contribution is 6.30. The molecule has 0 bridgehead atoms. The van der Waals surface area contributed by atoms with Crippen LogP contribution in [0, 0.1) is 0 Å². The molecule has 0 unspecified atom stereocenters. The highest BCUT2D eigenvalue weighted by Gasteiger charge is 2.42. The van der Waals surface area contributed by atoms with E-state index in [4.69, 9.17) is 20.9 Å². The molecule has 4 rings (SSSR count). The van der Waals surface area contributed by atoms with Crippen LogP contribution in [0.3, 0.4) is 0 Å². The zero-order valence-corrected chi connectivity index (χ0v) is 17.3. The zero-order chi connectivity index (χ0) is 20.3. The van der Waals surface area contributed by atoms with Gasteiger partial charge in [-0.3, -0.25) is 9.88 Å². The number of likely N-dealkylation sites (tertiary alicyclic amines) is 1. The summed E-state index contributed by atoms with van der Waals surface area (Å²) in [6.07, 6.45) is 7.42. The second kappa shape index (κ2) is 8.57. The van der Waals surface area contributed by atoms with Gasteiger partial charge >= 0.3 is 0 Å². The second-order valence-electron chi connectivity index (χ2n) is 7.22. The van der Waals surface area contributed by atoms with Gasteiger partial charge in [0.1, 0.15) is 11.3 Å². The molecule has 2 aromatic heterocycles. The fourth-order valence-electron chi connectivity index (χ4n) is 4.02. The average Bonchev–Trinajstić information content (AvgIpc) is 3.28. The predicted molar refractivity (Wildman–Crippen MR) is 109 cm³/mol. The Bertz CT molecular complexity index is 924. The van der Waals surface area contributed by atoms with Crippen molar-refractivity contribution >= 4 is 11.6 Å². The van der Waals surface area contributed by atoms with Gasteiger partial charge in [0.25, 0.3) is 5.89 Å². The van der Waals surface area contributed by atoms with Crippen LogP contribution in [0.2, 0.25) is 5.02 Å². The molecule has 0 saturated carbocycles. The van der Waals surface area contributed by atoms with E-state index >= 15 is 0 Å². The summed E-state index contributed by atoms with van der Waals surface area (Å²) >= 11 is 6.05. The van der Waals surface area contributed by atoms with E-state index in [2.05, 4.69) is 44.1 Å². The highest BCUT2D eigenvalue weighted by Crippen LogP contribution is 2.39. The van der Waals surface area contributed by atoms with Gasteiger partial charge in [0.2, 0.25) is 5.82 Å². The van der Waals surface area contributed by atoms with Crippen LogP contribution in [0.25, 0.3) is 11.5 Å². The van der Waals surface area contributed by atoms with Crippen molar-refractivity contribution in [3.05, 3.63) is 59.3 Å². The van der Waals surface area contributed by atoms with Crippen LogP contribution < -0.4 is 0 Å². The lowest BCUT2D eigenvalue weighted by atomic mass is 9.89. The lowest BCUT2D eigenvalue weighted by Gasteiger charge is -2.41. The van der Waals surface area contributed by atoms with Crippen molar-refractivity contribution in [2.45, 2.75) is 37.8 Å². The lowest BCUT2D eigenvalue weighted by Crippen LogP contribution is -2.45. The molecule has 7 nitrogen and oxygen atoms in total. The molecule has 1 fully saturated rings. The molecule has 0 amide bonds. The Morgan fingerprint density at radius 1 is 1.21 bits per heavy atom. The third-order valence-corrected chi connectivity index (χ3v) is 5.94. The van der Waals surface area contributed by atoms with Gasteiger partial charge in [0, 0.05) is 43.7 Å². The maximum absolute atomic E-state index is 6.05. The van der Waals surface area contributed by atoms with E-state index in [0.29, 0.717) is 23.5 Å². The summed E-state index contributed by atoms with van der Waals surface area (Å²) in [4.78, 5) is 15.4. The molecule has 0 aliphatic carbocycles. The number of hydrogen-bond acceptors (Lipinski definition) is 7. The lowest BCUT2D eigenvalue weighted by molar-refractivity contribution is -0.0889. The molecule has 1 atom stereocenters. The molecule has 1 saturated heterocycles. The van der Waals surface area contributed by atoms with E-state index in [1.165, 1.54) is 5.56 Å². The second-order valence-corrected chi connectivity index (χ2v) is 7.66. The molecule has 0 radical (unpaired) electrons. The van der Waals surface area contributed by atoms with Crippen LogP contribution in [0.5, 0.6) is 0 Å². The van der Waals surface area contributed by atoms with Crippen LogP contribution >= 0.6 is 11.6 Å². The number of hydrogen-bond donors (Lipinski definition) is 0. The standard InChI is InChI=1S/C21H24ClN5O2/c1-3-18(15-4-6-16(22)7-5-15)27-12-8-21(28-2,9-13-27)20-25-19(26-29-20)17-14-23-10-11-24-17/h4-7,10-11,14,18H,3,8-9,12-13H2,1-2H3/t18-/m0/s1. The van der Waals surface area contributed by atoms with Crippen molar-refractivity contribution in [3.63, 3.8) is 0 Å². The zero-order valence-electron chi connectivity index (χ0n) is 16.6. The minimum Gasteiger partial charge on any atom is -0.368 e. The molecule has 152 valence electrons. The predicted octanol–water partition coefficient (Wildman–Crippen LogP) is 4.27. The number of nitrogens with zero attached hydrogens (tertiary/aromatic N) is 5. The first kappa shape index (κ1) is 19.9. The van der Waals surface area contributed by atoms with E-state index in [1.807, 2.05) is 12.1 Å². The van der Waals surface area contributed by atoms with Crippen LogP contribution in [-0.4, -0.2) is 45.2 Å². The number of piperidine rings is 1. The minimum atomic E-state index is -0.581. The summed E-state index contributed by atoms with van der Waals surface area (Å²) in [7, 11) is 1.71. The van der Waals surface area contributed by atoms with Crippen molar-refractivity contribution < 1.29 is 9.26 Å². The van der Waals surface area contributed by atoms with E-state index in [-0.39, 0.29) is 0 Å². The quantitative estimate of drug-likeness (QED) is 0.597. The molecule has 1 aliphatic rings. The average molecular weight is 414 g/mol. The first-order chi connectivity index (χ1) is 14.1. The number of ether oxygens (including phenoxy) is 1. The van der Waals surface area contributed by atoms with Gasteiger partial charge in [-0.2, -0.15) is 4.98 Å². The monoisotopic (exact) mass is 413 g/mol. The van der Waals surface area contributed by atoms with Gasteiger partial charge < -0.3 is 9.26 Å². The van der Waals surface area contributed by atoms with Gasteiger partial charge in [-0.1, -0.05) is 35.8 Å². The first-order valence-corrected chi connectivity index (χ1v) is 10.2. The smallest absolute Gasteiger partial charge is 0.259 e. The Hall–Kier alpha value is -2.35. The fraction of sp³-hybridized carbons (Fsp3) is 0.429. The highest BCUT2D eigenvalue weighted by atomic mass is 35.5. The summed E-state index contributed by atoms with van der Waals surface area (Å²) in [6.45, 7) is 3.96. The maximum atomic E-state index is 6.05. The fourth-order valence-corrected chi connectivity index (χ4v) is 4.14. The largest absolute Gasteiger partial charge is 0.368 e. The van der Waals surface area contributed by atoms with Crippen LogP contribution in [0.1, 0.15) is 43.7 Å². The van der Waals surface area contributed by atoms with Gasteiger partial charge in [0.05, 0.1) is 6.20 Å². The third kappa shape index (κ3) is 4.03. The SMILES string of the molecule is CC[C@@H](c1ccc(Cl)cc1)N1CCC(OC)(c2nc(-c3cnccn3)no2)CC1. The van der Waals surface area contributed by atoms with Crippen LogP contribution in [-0.2, 0) is 10.3 Å². The van der Waals surface area contributed by atoms with Crippen LogP contribution in [0.4, 0.5) is 0 Å². The summed E-state index contributed by atoms with van der Waals surface area (Å²) in [5.74, 6) is 0.930. The number of halogens is 1. The van der Waals surface area contributed by atoms with E-state index < -0.39 is 5.60 Å². The molecule has 29 heavy (non-hydrogen) atoms.